The summed E-state index contributed by atoms with van der Waals surface area (Å²) in [6.07, 6.45) is 12.2. The zero-order valence-electron chi connectivity index (χ0n) is 19.1. The zero-order chi connectivity index (χ0) is 22.4. The van der Waals surface area contributed by atoms with Crippen LogP contribution in [0.1, 0.15) is 116 Å². The predicted octanol–water partition coefficient (Wildman–Crippen LogP) is 6.41. The second kappa shape index (κ2) is 14.2. The first-order valence-electron chi connectivity index (χ1n) is 11.7. The van der Waals surface area contributed by atoms with Crippen LogP contribution in [-0.4, -0.2) is 22.6 Å². The number of hydrogen-bond donors (Lipinski definition) is 1. The van der Waals surface area contributed by atoms with E-state index in [-0.39, 0.29) is 24.4 Å². The van der Waals surface area contributed by atoms with Gasteiger partial charge >= 0.3 is 5.97 Å². The van der Waals surface area contributed by atoms with Gasteiger partial charge in [0.1, 0.15) is 17.3 Å². The fraction of sp³-hybridized carbons (Fsp3) is 0.720. The molecule has 5 heteroatoms. The molecule has 0 aliphatic carbocycles. The molecule has 0 amide bonds. The van der Waals surface area contributed by atoms with Gasteiger partial charge in [0.2, 0.25) is 0 Å². The van der Waals surface area contributed by atoms with Gasteiger partial charge in [-0.05, 0) is 31.9 Å². The fourth-order valence-corrected chi connectivity index (χ4v) is 3.60. The third-order valence-corrected chi connectivity index (χ3v) is 5.86. The lowest BCUT2D eigenvalue weighted by Crippen LogP contribution is -2.40. The molecule has 0 aliphatic rings. The highest BCUT2D eigenvalue weighted by molar-refractivity contribution is 6.08. The van der Waals surface area contributed by atoms with Crippen molar-refractivity contribution in [1.82, 2.24) is 0 Å². The molecule has 1 unspecified atom stereocenters. The molecule has 1 aromatic rings. The lowest BCUT2D eigenvalue weighted by molar-refractivity contribution is -0.149. The monoisotopic (exact) mass is 420 g/mol. The molecule has 1 atom stereocenters. The quantitative estimate of drug-likeness (QED) is 0.219. The van der Waals surface area contributed by atoms with E-state index in [0.29, 0.717) is 12.2 Å². The van der Waals surface area contributed by atoms with Gasteiger partial charge in [-0.3, -0.25) is 14.4 Å². The molecule has 0 bridgehead atoms. The van der Waals surface area contributed by atoms with E-state index in [0.717, 1.165) is 44.9 Å². The average molecular weight is 421 g/mol. The van der Waals surface area contributed by atoms with E-state index in [1.807, 2.05) is 0 Å². The van der Waals surface area contributed by atoms with Crippen molar-refractivity contribution in [3.05, 3.63) is 23.7 Å². The number of carbonyl (C=O) groups is 3. The Bertz CT molecular complexity index is 660. The molecule has 1 rings (SSSR count). The molecule has 1 N–H and O–H groups in total. The number of carbonyl (C=O) groups excluding carboxylic acids is 2. The smallest absolute Gasteiger partial charge is 0.324 e. The first-order valence-corrected chi connectivity index (χ1v) is 11.7. The standard InChI is InChI=1S/C25H40O5/c1-4-6-8-10-12-14-20(26)16-18-22(27)25(3,24(28)29)23-19-17-21(30-23)15-13-11-9-7-5-2/h17,19H,4-16,18H2,1-3H3,(H,28,29). The second-order valence-corrected chi connectivity index (χ2v) is 8.49. The minimum atomic E-state index is -1.75. The molecule has 0 radical (unpaired) electrons. The summed E-state index contributed by atoms with van der Waals surface area (Å²) in [5.41, 5.74) is -1.75. The van der Waals surface area contributed by atoms with Gasteiger partial charge in [-0.2, -0.15) is 0 Å². The molecule has 1 heterocycles. The Morgan fingerprint density at radius 3 is 2.03 bits per heavy atom. The molecule has 0 aliphatic heterocycles. The molecule has 0 saturated heterocycles. The predicted molar refractivity (Wildman–Crippen MR) is 119 cm³/mol. The number of aryl methyl sites for hydroxylation is 1. The van der Waals surface area contributed by atoms with Crippen molar-refractivity contribution in [2.24, 2.45) is 0 Å². The summed E-state index contributed by atoms with van der Waals surface area (Å²) >= 11 is 0. The minimum absolute atomic E-state index is 0.0276. The van der Waals surface area contributed by atoms with Crippen molar-refractivity contribution in [2.45, 2.75) is 116 Å². The van der Waals surface area contributed by atoms with Crippen LogP contribution >= 0.6 is 0 Å². The summed E-state index contributed by atoms with van der Waals surface area (Å²) in [7, 11) is 0. The highest BCUT2D eigenvalue weighted by Gasteiger charge is 2.45. The summed E-state index contributed by atoms with van der Waals surface area (Å²) in [5, 5.41) is 9.76. The van der Waals surface area contributed by atoms with Crippen molar-refractivity contribution in [1.29, 1.82) is 0 Å². The lowest BCUT2D eigenvalue weighted by atomic mass is 9.81. The van der Waals surface area contributed by atoms with E-state index >= 15 is 0 Å². The number of unbranched alkanes of at least 4 members (excludes halogenated alkanes) is 8. The van der Waals surface area contributed by atoms with Gasteiger partial charge in [0, 0.05) is 25.7 Å². The molecular weight excluding hydrogens is 380 g/mol. The molecule has 0 spiro atoms. The average Bonchev–Trinajstić information content (AvgIpc) is 3.20. The van der Waals surface area contributed by atoms with Crippen LogP contribution in [0.3, 0.4) is 0 Å². The van der Waals surface area contributed by atoms with Crippen LogP contribution in [0, 0.1) is 0 Å². The number of rotatable bonds is 18. The zero-order valence-corrected chi connectivity index (χ0v) is 19.1. The Kier molecular flexibility index (Phi) is 12.3. The van der Waals surface area contributed by atoms with Gasteiger partial charge in [-0.1, -0.05) is 65.2 Å². The summed E-state index contributed by atoms with van der Waals surface area (Å²) in [6.45, 7) is 5.70. The molecule has 0 aromatic carbocycles. The third-order valence-electron chi connectivity index (χ3n) is 5.86. The SMILES string of the molecule is CCCCCCCC(=O)CCC(=O)C(C)(C(=O)O)c1ccc(CCCCCCC)o1. The fourth-order valence-electron chi connectivity index (χ4n) is 3.60. The van der Waals surface area contributed by atoms with Gasteiger partial charge in [0.15, 0.2) is 11.2 Å². The van der Waals surface area contributed by atoms with Crippen LogP contribution in [-0.2, 0) is 26.2 Å². The van der Waals surface area contributed by atoms with Gasteiger partial charge in [0.05, 0.1) is 0 Å². The summed E-state index contributed by atoms with van der Waals surface area (Å²) < 4.78 is 5.76. The Hall–Kier alpha value is -1.91. The minimum Gasteiger partial charge on any atom is -0.480 e. The highest BCUT2D eigenvalue weighted by Crippen LogP contribution is 2.30. The van der Waals surface area contributed by atoms with Crippen molar-refractivity contribution in [3.63, 3.8) is 0 Å². The molecule has 30 heavy (non-hydrogen) atoms. The molecular formula is C25H40O5. The molecule has 0 saturated carbocycles. The summed E-state index contributed by atoms with van der Waals surface area (Å²) in [5.74, 6) is -0.804. The summed E-state index contributed by atoms with van der Waals surface area (Å²) in [4.78, 5) is 36.8. The maximum Gasteiger partial charge on any atom is 0.324 e. The Balaban J connectivity index is 2.59. The third kappa shape index (κ3) is 8.45. The second-order valence-electron chi connectivity index (χ2n) is 8.49. The Labute approximate surface area is 181 Å². The van der Waals surface area contributed by atoms with Gasteiger partial charge in [-0.25, -0.2) is 0 Å². The van der Waals surface area contributed by atoms with Crippen LogP contribution in [0.2, 0.25) is 0 Å². The number of aliphatic carboxylic acids is 1. The normalized spacial score (nSPS) is 13.2. The van der Waals surface area contributed by atoms with E-state index in [9.17, 15) is 19.5 Å². The topological polar surface area (TPSA) is 84.6 Å². The number of ketones is 2. The maximum absolute atomic E-state index is 12.8. The van der Waals surface area contributed by atoms with Crippen LogP contribution < -0.4 is 0 Å². The molecule has 1 aromatic heterocycles. The number of Topliss-reactive ketones (excluding diaryl/α,β-unsaturated/α-hetero) is 2. The van der Waals surface area contributed by atoms with Crippen LogP contribution in [0.4, 0.5) is 0 Å². The van der Waals surface area contributed by atoms with E-state index in [4.69, 9.17) is 4.42 Å². The first-order chi connectivity index (χ1) is 14.4. The van der Waals surface area contributed by atoms with Gasteiger partial charge < -0.3 is 9.52 Å². The van der Waals surface area contributed by atoms with Crippen LogP contribution in [0.15, 0.2) is 16.5 Å². The number of hydrogen-bond acceptors (Lipinski definition) is 4. The van der Waals surface area contributed by atoms with Crippen LogP contribution in [0.25, 0.3) is 0 Å². The van der Waals surface area contributed by atoms with Gasteiger partial charge in [-0.15, -0.1) is 0 Å². The number of carboxylic acid groups (broad SMARTS) is 1. The molecule has 170 valence electrons. The Morgan fingerprint density at radius 1 is 0.833 bits per heavy atom. The highest BCUT2D eigenvalue weighted by atomic mass is 16.4. The number of carboxylic acids is 1. The first kappa shape index (κ1) is 26.1. The lowest BCUT2D eigenvalue weighted by Gasteiger charge is -2.21. The van der Waals surface area contributed by atoms with Crippen LogP contribution in [0.5, 0.6) is 0 Å². The van der Waals surface area contributed by atoms with E-state index < -0.39 is 17.2 Å². The van der Waals surface area contributed by atoms with Crippen molar-refractivity contribution in [3.8, 4) is 0 Å². The van der Waals surface area contributed by atoms with E-state index in [1.54, 1.807) is 12.1 Å². The van der Waals surface area contributed by atoms with Gasteiger partial charge in [0.25, 0.3) is 0 Å². The molecule has 5 nitrogen and oxygen atoms in total. The molecule has 0 fully saturated rings. The largest absolute Gasteiger partial charge is 0.480 e. The Morgan fingerprint density at radius 2 is 1.43 bits per heavy atom. The van der Waals surface area contributed by atoms with Crippen molar-refractivity contribution < 1.29 is 23.9 Å². The van der Waals surface area contributed by atoms with E-state index in [1.165, 1.54) is 32.6 Å². The number of furan rings is 1. The van der Waals surface area contributed by atoms with Crippen molar-refractivity contribution in [2.75, 3.05) is 0 Å². The maximum atomic E-state index is 12.8. The van der Waals surface area contributed by atoms with Crippen molar-refractivity contribution >= 4 is 17.5 Å². The van der Waals surface area contributed by atoms with E-state index in [2.05, 4.69) is 13.8 Å². The summed E-state index contributed by atoms with van der Waals surface area (Å²) in [6, 6.07) is 3.37.